The van der Waals surface area contributed by atoms with E-state index in [9.17, 15) is 5.11 Å². The third-order valence-corrected chi connectivity index (χ3v) is 3.26. The second-order valence-corrected chi connectivity index (χ2v) is 4.59. The standard InChI is InChI=1S/C16H15NO2/c18-16(8-6-14-4-2-10-19-14)13-5-7-15-12(11-13)3-1-9-17-15/h1-5,7,9-11,16,18H,6,8H2. The van der Waals surface area contributed by atoms with Crippen molar-refractivity contribution in [1.82, 2.24) is 4.98 Å². The number of benzene rings is 1. The topological polar surface area (TPSA) is 46.3 Å². The van der Waals surface area contributed by atoms with Crippen LogP contribution in [0.4, 0.5) is 0 Å². The molecule has 1 unspecified atom stereocenters. The highest BCUT2D eigenvalue weighted by atomic mass is 16.3. The Morgan fingerprint density at radius 2 is 2.11 bits per heavy atom. The second-order valence-electron chi connectivity index (χ2n) is 4.59. The SMILES string of the molecule is OC(CCc1ccco1)c1ccc2ncccc2c1. The Morgan fingerprint density at radius 1 is 1.16 bits per heavy atom. The molecule has 2 heterocycles. The summed E-state index contributed by atoms with van der Waals surface area (Å²) in [5, 5.41) is 11.3. The van der Waals surface area contributed by atoms with Gasteiger partial charge in [0.15, 0.2) is 0 Å². The van der Waals surface area contributed by atoms with E-state index in [4.69, 9.17) is 4.42 Å². The highest BCUT2D eigenvalue weighted by Crippen LogP contribution is 2.22. The molecule has 0 amide bonds. The molecular formula is C16H15NO2. The fourth-order valence-corrected chi connectivity index (χ4v) is 2.20. The van der Waals surface area contributed by atoms with Crippen molar-refractivity contribution in [3.8, 4) is 0 Å². The minimum Gasteiger partial charge on any atom is -0.469 e. The van der Waals surface area contributed by atoms with Crippen LogP contribution in [0, 0.1) is 0 Å². The van der Waals surface area contributed by atoms with Crippen LogP contribution < -0.4 is 0 Å². The van der Waals surface area contributed by atoms with Crippen LogP contribution in [0.1, 0.15) is 23.8 Å². The molecule has 3 rings (SSSR count). The molecule has 0 aliphatic carbocycles. The predicted octanol–water partition coefficient (Wildman–Crippen LogP) is 3.49. The second kappa shape index (κ2) is 5.24. The monoisotopic (exact) mass is 253 g/mol. The van der Waals surface area contributed by atoms with Gasteiger partial charge < -0.3 is 9.52 Å². The number of aliphatic hydroxyl groups excluding tert-OH is 1. The van der Waals surface area contributed by atoms with Crippen molar-refractivity contribution in [2.75, 3.05) is 0 Å². The van der Waals surface area contributed by atoms with Crippen LogP contribution in [0.3, 0.4) is 0 Å². The molecule has 96 valence electrons. The number of aryl methyl sites for hydroxylation is 1. The fraction of sp³-hybridized carbons (Fsp3) is 0.188. The number of hydrogen-bond donors (Lipinski definition) is 1. The molecule has 0 radical (unpaired) electrons. The molecule has 0 fully saturated rings. The van der Waals surface area contributed by atoms with Gasteiger partial charge in [0.05, 0.1) is 17.9 Å². The lowest BCUT2D eigenvalue weighted by Crippen LogP contribution is -1.99. The van der Waals surface area contributed by atoms with Gasteiger partial charge in [-0.1, -0.05) is 12.1 Å². The minimum absolute atomic E-state index is 0.477. The van der Waals surface area contributed by atoms with Crippen molar-refractivity contribution in [2.24, 2.45) is 0 Å². The Bertz CT molecular complexity index is 661. The number of pyridine rings is 1. The van der Waals surface area contributed by atoms with E-state index in [1.165, 1.54) is 0 Å². The fourth-order valence-electron chi connectivity index (χ4n) is 2.20. The average Bonchev–Trinajstić information content (AvgIpc) is 2.97. The van der Waals surface area contributed by atoms with E-state index in [0.29, 0.717) is 6.42 Å². The summed E-state index contributed by atoms with van der Waals surface area (Å²) in [6.45, 7) is 0. The number of furan rings is 1. The summed E-state index contributed by atoms with van der Waals surface area (Å²) >= 11 is 0. The molecule has 1 N–H and O–H groups in total. The Hall–Kier alpha value is -2.13. The molecule has 3 heteroatoms. The van der Waals surface area contributed by atoms with Crippen molar-refractivity contribution in [3.05, 3.63) is 66.2 Å². The first-order valence-corrected chi connectivity index (χ1v) is 6.38. The lowest BCUT2D eigenvalue weighted by Gasteiger charge is -2.10. The summed E-state index contributed by atoms with van der Waals surface area (Å²) < 4.78 is 5.27. The van der Waals surface area contributed by atoms with Crippen molar-refractivity contribution in [3.63, 3.8) is 0 Å². The number of fused-ring (bicyclic) bond motifs is 1. The van der Waals surface area contributed by atoms with Crippen LogP contribution >= 0.6 is 0 Å². The zero-order chi connectivity index (χ0) is 13.1. The highest BCUT2D eigenvalue weighted by Gasteiger charge is 2.09. The van der Waals surface area contributed by atoms with Gasteiger partial charge in [0.2, 0.25) is 0 Å². The van der Waals surface area contributed by atoms with Crippen LogP contribution in [0.2, 0.25) is 0 Å². The molecule has 19 heavy (non-hydrogen) atoms. The lowest BCUT2D eigenvalue weighted by atomic mass is 10.0. The first-order chi connectivity index (χ1) is 9.33. The summed E-state index contributed by atoms with van der Waals surface area (Å²) in [6, 6.07) is 13.6. The smallest absolute Gasteiger partial charge is 0.103 e. The number of aliphatic hydroxyl groups is 1. The Labute approximate surface area is 111 Å². The molecule has 2 aromatic heterocycles. The third-order valence-electron chi connectivity index (χ3n) is 3.26. The van der Waals surface area contributed by atoms with Gasteiger partial charge >= 0.3 is 0 Å². The third kappa shape index (κ3) is 2.66. The largest absolute Gasteiger partial charge is 0.469 e. The van der Waals surface area contributed by atoms with Gasteiger partial charge in [0.1, 0.15) is 5.76 Å². The van der Waals surface area contributed by atoms with Gasteiger partial charge in [-0.15, -0.1) is 0 Å². The van der Waals surface area contributed by atoms with E-state index in [0.717, 1.165) is 28.6 Å². The quantitative estimate of drug-likeness (QED) is 0.774. The van der Waals surface area contributed by atoms with Gasteiger partial charge in [-0.2, -0.15) is 0 Å². The normalized spacial score (nSPS) is 12.7. The molecule has 0 saturated heterocycles. The van der Waals surface area contributed by atoms with Crippen LogP contribution in [0.15, 0.2) is 59.3 Å². The molecule has 0 saturated carbocycles. The van der Waals surface area contributed by atoms with E-state index < -0.39 is 6.10 Å². The molecule has 0 aliphatic rings. The van der Waals surface area contributed by atoms with Gasteiger partial charge in [0, 0.05) is 18.0 Å². The molecule has 1 aromatic carbocycles. The van der Waals surface area contributed by atoms with Gasteiger partial charge in [-0.3, -0.25) is 4.98 Å². The van der Waals surface area contributed by atoms with Crippen LogP contribution in [0.5, 0.6) is 0 Å². The number of nitrogens with zero attached hydrogens (tertiary/aromatic N) is 1. The van der Waals surface area contributed by atoms with E-state index in [-0.39, 0.29) is 0 Å². The molecule has 1 atom stereocenters. The van der Waals surface area contributed by atoms with Gasteiger partial charge in [0.25, 0.3) is 0 Å². The van der Waals surface area contributed by atoms with Crippen molar-refractivity contribution >= 4 is 10.9 Å². The van der Waals surface area contributed by atoms with Gasteiger partial charge in [-0.05, 0) is 42.3 Å². The summed E-state index contributed by atoms with van der Waals surface area (Å²) in [4.78, 5) is 4.27. The molecule has 0 spiro atoms. The summed E-state index contributed by atoms with van der Waals surface area (Å²) in [5.74, 6) is 0.904. The number of hydrogen-bond acceptors (Lipinski definition) is 3. The maximum atomic E-state index is 10.2. The van der Waals surface area contributed by atoms with E-state index >= 15 is 0 Å². The summed E-state index contributed by atoms with van der Waals surface area (Å²) in [6.07, 6.45) is 4.34. The molecular weight excluding hydrogens is 238 g/mol. The summed E-state index contributed by atoms with van der Waals surface area (Å²) in [5.41, 5.74) is 1.87. The minimum atomic E-state index is -0.477. The number of rotatable bonds is 4. The predicted molar refractivity (Wildman–Crippen MR) is 73.7 cm³/mol. The van der Waals surface area contributed by atoms with Crippen molar-refractivity contribution in [2.45, 2.75) is 18.9 Å². The van der Waals surface area contributed by atoms with E-state index in [1.54, 1.807) is 12.5 Å². The lowest BCUT2D eigenvalue weighted by molar-refractivity contribution is 0.165. The van der Waals surface area contributed by atoms with Gasteiger partial charge in [-0.25, -0.2) is 0 Å². The number of aromatic nitrogens is 1. The van der Waals surface area contributed by atoms with Crippen LogP contribution in [0.25, 0.3) is 10.9 Å². The van der Waals surface area contributed by atoms with Crippen molar-refractivity contribution in [1.29, 1.82) is 0 Å². The molecule has 3 nitrogen and oxygen atoms in total. The zero-order valence-corrected chi connectivity index (χ0v) is 10.5. The average molecular weight is 253 g/mol. The van der Waals surface area contributed by atoms with Crippen LogP contribution in [-0.2, 0) is 6.42 Å². The van der Waals surface area contributed by atoms with Crippen LogP contribution in [-0.4, -0.2) is 10.1 Å². The maximum Gasteiger partial charge on any atom is 0.103 e. The Morgan fingerprint density at radius 3 is 2.95 bits per heavy atom. The first kappa shape index (κ1) is 11.9. The summed E-state index contributed by atoms with van der Waals surface area (Å²) in [7, 11) is 0. The van der Waals surface area contributed by atoms with E-state index in [1.807, 2.05) is 42.5 Å². The molecule has 0 bridgehead atoms. The Balaban J connectivity index is 1.75. The maximum absolute atomic E-state index is 10.2. The highest BCUT2D eigenvalue weighted by molar-refractivity contribution is 5.78. The first-order valence-electron chi connectivity index (χ1n) is 6.38. The molecule has 3 aromatic rings. The molecule has 0 aliphatic heterocycles. The van der Waals surface area contributed by atoms with Crippen molar-refractivity contribution < 1.29 is 9.52 Å². The Kier molecular flexibility index (Phi) is 3.29. The van der Waals surface area contributed by atoms with E-state index in [2.05, 4.69) is 4.98 Å². The zero-order valence-electron chi connectivity index (χ0n) is 10.5.